The quantitative estimate of drug-likeness (QED) is 0.364. The molecule has 0 saturated carbocycles. The number of aryl methyl sites for hydroxylation is 1. The second-order valence-corrected chi connectivity index (χ2v) is 9.27. The first-order valence-electron chi connectivity index (χ1n) is 11.1. The molecule has 3 rings (SSSR count). The maximum Gasteiger partial charge on any atom is 0.261 e. The molecule has 7 heteroatoms. The minimum Gasteiger partial charge on any atom is -0.484 e. The van der Waals surface area contributed by atoms with Crippen molar-refractivity contribution in [1.82, 2.24) is 10.2 Å². The van der Waals surface area contributed by atoms with Crippen LogP contribution in [0.2, 0.25) is 5.02 Å². The van der Waals surface area contributed by atoms with E-state index in [0.29, 0.717) is 23.7 Å². The van der Waals surface area contributed by atoms with E-state index in [1.54, 1.807) is 23.1 Å². The summed E-state index contributed by atoms with van der Waals surface area (Å²) < 4.78 is 6.74. The van der Waals surface area contributed by atoms with E-state index >= 15 is 0 Å². The molecule has 3 aromatic rings. The molecule has 5 nitrogen and oxygen atoms in total. The monoisotopic (exact) mass is 542 g/mol. The van der Waals surface area contributed by atoms with Crippen molar-refractivity contribution in [2.75, 3.05) is 13.2 Å². The zero-order chi connectivity index (χ0) is 24.5. The largest absolute Gasteiger partial charge is 0.484 e. The van der Waals surface area contributed by atoms with Gasteiger partial charge in [-0.15, -0.1) is 0 Å². The van der Waals surface area contributed by atoms with Gasteiger partial charge in [-0.25, -0.2) is 0 Å². The summed E-state index contributed by atoms with van der Waals surface area (Å²) in [5.74, 6) is 0.0818. The van der Waals surface area contributed by atoms with Gasteiger partial charge in [-0.3, -0.25) is 9.59 Å². The summed E-state index contributed by atoms with van der Waals surface area (Å²) in [4.78, 5) is 28.2. The normalized spacial score (nSPS) is 11.5. The molecule has 0 bridgehead atoms. The number of ether oxygens (including phenoxy) is 1. The molecule has 0 saturated heterocycles. The Morgan fingerprint density at radius 2 is 1.74 bits per heavy atom. The second kappa shape index (κ2) is 12.6. The van der Waals surface area contributed by atoms with Gasteiger partial charge in [0.15, 0.2) is 6.61 Å². The third kappa shape index (κ3) is 7.34. The minimum atomic E-state index is -0.686. The van der Waals surface area contributed by atoms with Crippen molar-refractivity contribution in [3.63, 3.8) is 0 Å². The van der Waals surface area contributed by atoms with Crippen LogP contribution in [0.15, 0.2) is 77.3 Å². The number of likely N-dealkylation sites (N-methyl/N-ethyl adjacent to an activating group) is 1. The summed E-state index contributed by atoms with van der Waals surface area (Å²) in [5, 5.41) is 3.52. The molecule has 0 radical (unpaired) electrons. The fraction of sp³-hybridized carbons (Fsp3) is 0.259. The van der Waals surface area contributed by atoms with Gasteiger partial charge in [0.05, 0.1) is 0 Å². The van der Waals surface area contributed by atoms with E-state index in [-0.39, 0.29) is 25.0 Å². The van der Waals surface area contributed by atoms with E-state index in [9.17, 15) is 9.59 Å². The Hall–Kier alpha value is -2.83. The van der Waals surface area contributed by atoms with Gasteiger partial charge in [0.1, 0.15) is 11.8 Å². The number of rotatable bonds is 10. The highest BCUT2D eigenvalue weighted by Gasteiger charge is 2.30. The summed E-state index contributed by atoms with van der Waals surface area (Å²) in [6.07, 6.45) is 0.398. The third-order valence-corrected chi connectivity index (χ3v) is 6.33. The molecule has 0 heterocycles. The Kier molecular flexibility index (Phi) is 9.54. The molecule has 0 aliphatic rings. The van der Waals surface area contributed by atoms with E-state index in [4.69, 9.17) is 16.3 Å². The molecule has 178 valence electrons. The first kappa shape index (κ1) is 25.8. The maximum absolute atomic E-state index is 13.5. The van der Waals surface area contributed by atoms with Crippen molar-refractivity contribution in [1.29, 1.82) is 0 Å². The summed E-state index contributed by atoms with van der Waals surface area (Å²) in [5.41, 5.74) is 2.76. The Morgan fingerprint density at radius 3 is 2.38 bits per heavy atom. The smallest absolute Gasteiger partial charge is 0.261 e. The Bertz CT molecular complexity index is 1110. The molecule has 0 aromatic heterocycles. The first-order chi connectivity index (χ1) is 16.4. The summed E-state index contributed by atoms with van der Waals surface area (Å²) in [6, 6.07) is 22.0. The fourth-order valence-corrected chi connectivity index (χ4v) is 3.95. The number of nitrogens with one attached hydrogen (secondary N) is 1. The van der Waals surface area contributed by atoms with Crippen LogP contribution in [-0.2, 0) is 22.6 Å². The molecule has 34 heavy (non-hydrogen) atoms. The lowest BCUT2D eigenvalue weighted by atomic mass is 10.0. The Balaban J connectivity index is 1.88. The molecule has 0 aliphatic heterocycles. The number of nitrogens with zero attached hydrogens (tertiary/aromatic N) is 1. The number of carbonyl (C=O) groups is 2. The molecule has 1 atom stereocenters. The van der Waals surface area contributed by atoms with E-state index < -0.39 is 6.04 Å². The van der Waals surface area contributed by atoms with Crippen molar-refractivity contribution in [2.45, 2.75) is 32.9 Å². The first-order valence-corrected chi connectivity index (χ1v) is 12.3. The molecule has 0 fully saturated rings. The van der Waals surface area contributed by atoms with Gasteiger partial charge in [-0.05, 0) is 60.9 Å². The zero-order valence-corrected chi connectivity index (χ0v) is 21.6. The van der Waals surface area contributed by atoms with Crippen molar-refractivity contribution < 1.29 is 14.3 Å². The third-order valence-electron chi connectivity index (χ3n) is 5.38. The van der Waals surface area contributed by atoms with Crippen molar-refractivity contribution in [3.05, 3.63) is 99.0 Å². The number of hydrogen-bond acceptors (Lipinski definition) is 3. The molecule has 1 unspecified atom stereocenters. The summed E-state index contributed by atoms with van der Waals surface area (Å²) in [7, 11) is 0. The minimum absolute atomic E-state index is 0.192. The molecule has 3 aromatic carbocycles. The van der Waals surface area contributed by atoms with E-state index in [1.165, 1.54) is 0 Å². The standard InChI is InChI=1S/C27H28BrClN2O3/c1-3-30-27(33)25(16-20-7-5-4-6-8-20)31(17-21-9-11-22(28)12-10-21)26(32)18-34-23-13-14-24(29)19(2)15-23/h4-15,25H,3,16-18H2,1-2H3,(H,30,33). The fourth-order valence-electron chi connectivity index (χ4n) is 3.57. The van der Waals surface area contributed by atoms with E-state index in [1.807, 2.05) is 68.4 Å². The lowest BCUT2D eigenvalue weighted by molar-refractivity contribution is -0.142. The van der Waals surface area contributed by atoms with Gasteiger partial charge in [0, 0.05) is 29.0 Å². The van der Waals surface area contributed by atoms with Gasteiger partial charge in [-0.2, -0.15) is 0 Å². The average Bonchev–Trinajstić information content (AvgIpc) is 2.84. The van der Waals surface area contributed by atoms with Crippen molar-refractivity contribution >= 4 is 39.3 Å². The molecule has 0 spiro atoms. The average molecular weight is 544 g/mol. The van der Waals surface area contributed by atoms with Crippen molar-refractivity contribution in [3.8, 4) is 5.75 Å². The van der Waals surface area contributed by atoms with Gasteiger partial charge in [0.2, 0.25) is 5.91 Å². The van der Waals surface area contributed by atoms with Crippen LogP contribution in [0.4, 0.5) is 0 Å². The molecular formula is C27H28BrClN2O3. The highest BCUT2D eigenvalue weighted by Crippen LogP contribution is 2.22. The molecule has 1 N–H and O–H groups in total. The number of carbonyl (C=O) groups excluding carboxylic acids is 2. The van der Waals surface area contributed by atoms with Crippen LogP contribution in [-0.4, -0.2) is 35.9 Å². The molecule has 0 aliphatic carbocycles. The van der Waals surface area contributed by atoms with Crippen LogP contribution in [0.3, 0.4) is 0 Å². The van der Waals surface area contributed by atoms with Crippen LogP contribution >= 0.6 is 27.5 Å². The number of hydrogen-bond donors (Lipinski definition) is 1. The predicted molar refractivity (Wildman–Crippen MR) is 139 cm³/mol. The predicted octanol–water partition coefficient (Wildman–Crippen LogP) is 5.57. The van der Waals surface area contributed by atoms with Crippen LogP contribution in [0, 0.1) is 6.92 Å². The lowest BCUT2D eigenvalue weighted by Gasteiger charge is -2.31. The van der Waals surface area contributed by atoms with Gasteiger partial charge >= 0.3 is 0 Å². The maximum atomic E-state index is 13.5. The van der Waals surface area contributed by atoms with Gasteiger partial charge in [0.25, 0.3) is 5.91 Å². The topological polar surface area (TPSA) is 58.6 Å². The van der Waals surface area contributed by atoms with Gasteiger partial charge < -0.3 is 15.0 Å². The Labute approximate surface area is 214 Å². The number of halogens is 2. The van der Waals surface area contributed by atoms with Crippen molar-refractivity contribution in [2.24, 2.45) is 0 Å². The number of benzene rings is 3. The highest BCUT2D eigenvalue weighted by atomic mass is 79.9. The summed E-state index contributed by atoms with van der Waals surface area (Å²) in [6.45, 7) is 4.31. The summed E-state index contributed by atoms with van der Waals surface area (Å²) >= 11 is 9.54. The zero-order valence-electron chi connectivity index (χ0n) is 19.3. The number of amides is 2. The Morgan fingerprint density at radius 1 is 1.03 bits per heavy atom. The molecular weight excluding hydrogens is 516 g/mol. The van der Waals surface area contributed by atoms with Crippen LogP contribution < -0.4 is 10.1 Å². The van der Waals surface area contributed by atoms with Crippen LogP contribution in [0.25, 0.3) is 0 Å². The SMILES string of the molecule is CCNC(=O)C(Cc1ccccc1)N(Cc1ccc(Br)cc1)C(=O)COc1ccc(Cl)c(C)c1. The van der Waals surface area contributed by atoms with Crippen LogP contribution in [0.5, 0.6) is 5.75 Å². The highest BCUT2D eigenvalue weighted by molar-refractivity contribution is 9.10. The van der Waals surface area contributed by atoms with E-state index in [0.717, 1.165) is 21.2 Å². The molecule has 2 amide bonds. The second-order valence-electron chi connectivity index (χ2n) is 7.95. The lowest BCUT2D eigenvalue weighted by Crippen LogP contribution is -2.51. The van der Waals surface area contributed by atoms with Crippen LogP contribution in [0.1, 0.15) is 23.6 Å². The van der Waals surface area contributed by atoms with E-state index in [2.05, 4.69) is 21.2 Å². The van der Waals surface area contributed by atoms with Gasteiger partial charge in [-0.1, -0.05) is 70.0 Å².